The Morgan fingerprint density at radius 1 is 1.20 bits per heavy atom. The highest BCUT2D eigenvalue weighted by Crippen LogP contribution is 2.15. The molecule has 2 rings (SSSR count). The summed E-state index contributed by atoms with van der Waals surface area (Å²) in [6.45, 7) is 10.1. The van der Waals surface area contributed by atoms with Crippen molar-refractivity contribution in [3.8, 4) is 0 Å². The van der Waals surface area contributed by atoms with Gasteiger partial charge in [0.15, 0.2) is 5.96 Å². The Bertz CT molecular complexity index is 357. The van der Waals surface area contributed by atoms with Crippen LogP contribution in [-0.2, 0) is 9.47 Å². The molecule has 7 heteroatoms. The van der Waals surface area contributed by atoms with E-state index in [1.165, 1.54) is 38.9 Å². The van der Waals surface area contributed by atoms with E-state index in [-0.39, 0.29) is 24.0 Å². The zero-order chi connectivity index (χ0) is 17.0. The Hall–Kier alpha value is -0.120. The predicted molar refractivity (Wildman–Crippen MR) is 114 cm³/mol. The minimum atomic E-state index is 0. The Morgan fingerprint density at radius 3 is 2.64 bits per heavy atom. The molecule has 1 unspecified atom stereocenters. The second-order valence-corrected chi connectivity index (χ2v) is 7.01. The molecule has 2 N–H and O–H groups in total. The lowest BCUT2D eigenvalue weighted by atomic mass is 9.99. The van der Waals surface area contributed by atoms with Crippen LogP contribution in [0.2, 0.25) is 0 Å². The van der Waals surface area contributed by atoms with Crippen LogP contribution in [-0.4, -0.2) is 76.6 Å². The first-order valence-corrected chi connectivity index (χ1v) is 9.64. The SMILES string of the molecule is CN=C(NCCCN1CCC(C)CC1)NCCOCC1CCCO1.I. The van der Waals surface area contributed by atoms with Crippen LogP contribution in [0.5, 0.6) is 0 Å². The van der Waals surface area contributed by atoms with Gasteiger partial charge in [0, 0.05) is 26.7 Å². The van der Waals surface area contributed by atoms with Gasteiger partial charge in [-0.2, -0.15) is 0 Å². The maximum Gasteiger partial charge on any atom is 0.191 e. The Labute approximate surface area is 170 Å². The van der Waals surface area contributed by atoms with E-state index < -0.39 is 0 Å². The topological polar surface area (TPSA) is 58.1 Å². The summed E-state index contributed by atoms with van der Waals surface area (Å²) in [7, 11) is 1.81. The highest BCUT2D eigenvalue weighted by atomic mass is 127. The minimum absolute atomic E-state index is 0. The van der Waals surface area contributed by atoms with Crippen molar-refractivity contribution in [1.82, 2.24) is 15.5 Å². The Morgan fingerprint density at radius 2 is 1.96 bits per heavy atom. The molecule has 2 fully saturated rings. The number of guanidine groups is 1. The molecule has 0 amide bonds. The molecular weight excluding hydrogens is 431 g/mol. The van der Waals surface area contributed by atoms with Gasteiger partial charge in [-0.05, 0) is 57.7 Å². The average Bonchev–Trinajstić information content (AvgIpc) is 3.11. The lowest BCUT2D eigenvalue weighted by molar-refractivity contribution is 0.0191. The van der Waals surface area contributed by atoms with Gasteiger partial charge in [-0.1, -0.05) is 6.92 Å². The molecular formula is C18H37IN4O2. The largest absolute Gasteiger partial charge is 0.377 e. The molecule has 0 aromatic heterocycles. The monoisotopic (exact) mass is 468 g/mol. The first-order valence-electron chi connectivity index (χ1n) is 9.64. The van der Waals surface area contributed by atoms with Gasteiger partial charge in [-0.25, -0.2) is 0 Å². The van der Waals surface area contributed by atoms with E-state index in [0.717, 1.165) is 44.4 Å². The summed E-state index contributed by atoms with van der Waals surface area (Å²) >= 11 is 0. The van der Waals surface area contributed by atoms with Crippen LogP contribution in [0.1, 0.15) is 39.0 Å². The lowest BCUT2D eigenvalue weighted by Crippen LogP contribution is -2.41. The first-order chi connectivity index (χ1) is 11.8. The van der Waals surface area contributed by atoms with Crippen LogP contribution in [0.25, 0.3) is 0 Å². The van der Waals surface area contributed by atoms with Gasteiger partial charge < -0.3 is 25.0 Å². The van der Waals surface area contributed by atoms with E-state index in [2.05, 4.69) is 27.4 Å². The van der Waals surface area contributed by atoms with Gasteiger partial charge >= 0.3 is 0 Å². The molecule has 2 aliphatic heterocycles. The maximum atomic E-state index is 5.65. The lowest BCUT2D eigenvalue weighted by Gasteiger charge is -2.30. The Kier molecular flexibility index (Phi) is 12.8. The molecule has 0 aliphatic carbocycles. The van der Waals surface area contributed by atoms with Gasteiger partial charge in [-0.3, -0.25) is 4.99 Å². The molecule has 2 aliphatic rings. The summed E-state index contributed by atoms with van der Waals surface area (Å²) in [5, 5.41) is 6.68. The van der Waals surface area contributed by atoms with Gasteiger partial charge in [0.05, 0.1) is 19.3 Å². The second-order valence-electron chi connectivity index (χ2n) is 7.01. The van der Waals surface area contributed by atoms with Gasteiger partial charge in [0.2, 0.25) is 0 Å². The number of piperidine rings is 1. The van der Waals surface area contributed by atoms with E-state index in [1.54, 1.807) is 0 Å². The van der Waals surface area contributed by atoms with Crippen molar-refractivity contribution in [2.75, 3.05) is 59.6 Å². The first kappa shape index (κ1) is 22.9. The molecule has 0 saturated carbocycles. The zero-order valence-electron chi connectivity index (χ0n) is 16.0. The van der Waals surface area contributed by atoms with Crippen molar-refractivity contribution in [1.29, 1.82) is 0 Å². The average molecular weight is 468 g/mol. The van der Waals surface area contributed by atoms with Crippen LogP contribution < -0.4 is 10.6 Å². The summed E-state index contributed by atoms with van der Waals surface area (Å²) < 4.78 is 11.2. The van der Waals surface area contributed by atoms with Crippen molar-refractivity contribution < 1.29 is 9.47 Å². The van der Waals surface area contributed by atoms with Gasteiger partial charge in [0.25, 0.3) is 0 Å². The number of rotatable bonds is 9. The summed E-state index contributed by atoms with van der Waals surface area (Å²) in [6, 6.07) is 0. The molecule has 2 heterocycles. The normalized spacial score (nSPS) is 22.6. The predicted octanol–water partition coefficient (Wildman–Crippen LogP) is 2.09. The summed E-state index contributed by atoms with van der Waals surface area (Å²) in [5.41, 5.74) is 0. The van der Waals surface area contributed by atoms with E-state index in [4.69, 9.17) is 9.47 Å². The smallest absolute Gasteiger partial charge is 0.191 e. The molecule has 0 spiro atoms. The van der Waals surface area contributed by atoms with Crippen LogP contribution in [0.15, 0.2) is 4.99 Å². The highest BCUT2D eigenvalue weighted by molar-refractivity contribution is 14.0. The number of nitrogens with zero attached hydrogens (tertiary/aromatic N) is 2. The van der Waals surface area contributed by atoms with Gasteiger partial charge in [-0.15, -0.1) is 24.0 Å². The zero-order valence-corrected chi connectivity index (χ0v) is 18.3. The van der Waals surface area contributed by atoms with Crippen LogP contribution >= 0.6 is 24.0 Å². The molecule has 6 nitrogen and oxygen atoms in total. The fourth-order valence-electron chi connectivity index (χ4n) is 3.25. The third kappa shape index (κ3) is 9.96. The van der Waals surface area contributed by atoms with E-state index in [0.29, 0.717) is 19.3 Å². The molecule has 25 heavy (non-hydrogen) atoms. The fraction of sp³-hybridized carbons (Fsp3) is 0.944. The van der Waals surface area contributed by atoms with E-state index in [1.807, 2.05) is 7.05 Å². The standard InChI is InChI=1S/C18H36N4O2.HI/c1-16-6-11-22(12-7-16)10-4-8-20-18(19-2)21-9-14-23-15-17-5-3-13-24-17;/h16-17H,3-15H2,1-2H3,(H2,19,20,21);1H. The quantitative estimate of drug-likeness (QED) is 0.235. The summed E-state index contributed by atoms with van der Waals surface area (Å²) in [4.78, 5) is 6.84. The number of halogens is 1. The number of hydrogen-bond acceptors (Lipinski definition) is 4. The third-order valence-electron chi connectivity index (χ3n) is 4.91. The van der Waals surface area contributed by atoms with Crippen LogP contribution in [0.3, 0.4) is 0 Å². The number of nitrogens with one attached hydrogen (secondary N) is 2. The van der Waals surface area contributed by atoms with Crippen LogP contribution in [0.4, 0.5) is 0 Å². The van der Waals surface area contributed by atoms with E-state index in [9.17, 15) is 0 Å². The third-order valence-corrected chi connectivity index (χ3v) is 4.91. The van der Waals surface area contributed by atoms with Crippen molar-refractivity contribution in [3.05, 3.63) is 0 Å². The minimum Gasteiger partial charge on any atom is -0.377 e. The number of likely N-dealkylation sites (tertiary alicyclic amines) is 1. The molecule has 0 bridgehead atoms. The molecule has 0 radical (unpaired) electrons. The molecule has 0 aromatic carbocycles. The van der Waals surface area contributed by atoms with Crippen LogP contribution in [0, 0.1) is 5.92 Å². The molecule has 0 aromatic rings. The highest BCUT2D eigenvalue weighted by Gasteiger charge is 2.15. The fourth-order valence-corrected chi connectivity index (χ4v) is 3.25. The molecule has 1 atom stereocenters. The van der Waals surface area contributed by atoms with E-state index >= 15 is 0 Å². The number of ether oxygens (including phenoxy) is 2. The number of hydrogen-bond donors (Lipinski definition) is 2. The Balaban J connectivity index is 0.00000312. The van der Waals surface area contributed by atoms with Crippen molar-refractivity contribution in [2.45, 2.75) is 45.1 Å². The second kappa shape index (κ2) is 14.0. The molecule has 148 valence electrons. The summed E-state index contributed by atoms with van der Waals surface area (Å²) in [5.74, 6) is 1.77. The maximum absolute atomic E-state index is 5.65. The summed E-state index contributed by atoms with van der Waals surface area (Å²) in [6.07, 6.45) is 6.46. The van der Waals surface area contributed by atoms with Gasteiger partial charge in [0.1, 0.15) is 0 Å². The van der Waals surface area contributed by atoms with Crippen molar-refractivity contribution in [3.63, 3.8) is 0 Å². The van der Waals surface area contributed by atoms with Crippen molar-refractivity contribution in [2.24, 2.45) is 10.9 Å². The number of aliphatic imine (C=N–C) groups is 1. The molecule has 2 saturated heterocycles. The van der Waals surface area contributed by atoms with Crippen molar-refractivity contribution >= 4 is 29.9 Å².